The number of nitrogens with zero attached hydrogens (tertiary/aromatic N) is 1. The van der Waals surface area contributed by atoms with E-state index in [4.69, 9.17) is 0 Å². The molecule has 0 spiro atoms. The van der Waals surface area contributed by atoms with Crippen molar-refractivity contribution in [2.75, 3.05) is 13.2 Å². The van der Waals surface area contributed by atoms with Crippen molar-refractivity contribution >= 4 is 17.9 Å². The highest BCUT2D eigenvalue weighted by atomic mass is 19.1. The third-order valence-electron chi connectivity index (χ3n) is 7.36. The summed E-state index contributed by atoms with van der Waals surface area (Å²) in [6, 6.07) is 4.26. The lowest BCUT2D eigenvalue weighted by Crippen LogP contribution is -2.39. The Balaban J connectivity index is 1.83. The van der Waals surface area contributed by atoms with E-state index >= 15 is 0 Å². The summed E-state index contributed by atoms with van der Waals surface area (Å²) < 4.78 is 13.8. The summed E-state index contributed by atoms with van der Waals surface area (Å²) in [6.07, 6.45) is 5.45. The average Bonchev–Trinajstić information content (AvgIpc) is 3.08. The van der Waals surface area contributed by atoms with Crippen molar-refractivity contribution in [3.05, 3.63) is 46.3 Å². The van der Waals surface area contributed by atoms with Crippen LogP contribution in [0, 0.1) is 23.6 Å². The molecule has 2 aliphatic rings. The Morgan fingerprint density at radius 1 is 1.17 bits per heavy atom. The van der Waals surface area contributed by atoms with Gasteiger partial charge in [0.1, 0.15) is 0 Å². The Morgan fingerprint density at radius 2 is 1.91 bits per heavy atom. The van der Waals surface area contributed by atoms with Crippen molar-refractivity contribution in [3.63, 3.8) is 0 Å². The molecule has 0 unspecified atom stereocenters. The van der Waals surface area contributed by atoms with E-state index in [9.17, 15) is 29.3 Å². The molecule has 4 atom stereocenters. The first-order chi connectivity index (χ1) is 16.8. The lowest BCUT2D eigenvalue weighted by atomic mass is 9.67. The van der Waals surface area contributed by atoms with Crippen molar-refractivity contribution in [3.8, 4) is 5.75 Å². The van der Waals surface area contributed by atoms with E-state index < -0.39 is 35.4 Å². The zero-order valence-electron chi connectivity index (χ0n) is 21.0. The first-order valence-electron chi connectivity index (χ1n) is 12.8. The third-order valence-corrected chi connectivity index (χ3v) is 7.36. The van der Waals surface area contributed by atoms with Crippen molar-refractivity contribution in [1.29, 1.82) is 0 Å². The third kappa shape index (κ3) is 5.67. The van der Waals surface area contributed by atoms with E-state index in [0.29, 0.717) is 49.8 Å². The lowest BCUT2D eigenvalue weighted by Gasteiger charge is -2.36. The van der Waals surface area contributed by atoms with Crippen molar-refractivity contribution < 1.29 is 29.3 Å². The number of phenolic OH excluding ortho intramolecular Hbond substituents is 1. The summed E-state index contributed by atoms with van der Waals surface area (Å²) in [4.78, 5) is 27.4. The molecular weight excluding hydrogens is 449 g/mol. The minimum Gasteiger partial charge on any atom is -0.505 e. The fourth-order valence-corrected chi connectivity index (χ4v) is 5.72. The predicted molar refractivity (Wildman–Crippen MR) is 133 cm³/mol. The summed E-state index contributed by atoms with van der Waals surface area (Å²) >= 11 is 0. The highest BCUT2D eigenvalue weighted by Gasteiger charge is 2.54. The molecule has 1 fully saturated rings. The number of aromatic hydroxyl groups is 1. The van der Waals surface area contributed by atoms with Gasteiger partial charge >= 0.3 is 0 Å². The van der Waals surface area contributed by atoms with Crippen molar-refractivity contribution in [2.24, 2.45) is 17.8 Å². The van der Waals surface area contributed by atoms with Gasteiger partial charge in [-0.05, 0) is 61.8 Å². The maximum atomic E-state index is 13.8. The number of carbonyl (C=O) groups excluding carboxylic acids is 2. The van der Waals surface area contributed by atoms with Crippen LogP contribution in [0.5, 0.6) is 5.75 Å². The number of amides is 2. The Morgan fingerprint density at radius 3 is 2.51 bits per heavy atom. The Hall–Kier alpha value is -2.51. The van der Waals surface area contributed by atoms with Crippen molar-refractivity contribution in [2.45, 2.75) is 71.8 Å². The number of allylic oxidation sites excluding steroid dienone is 2. The zero-order valence-corrected chi connectivity index (χ0v) is 21.0. The number of hydrogen-bond donors (Lipinski definition) is 3. The summed E-state index contributed by atoms with van der Waals surface area (Å²) in [7, 11) is 0. The van der Waals surface area contributed by atoms with Crippen LogP contribution >= 0.6 is 0 Å². The van der Waals surface area contributed by atoms with Gasteiger partial charge in [-0.25, -0.2) is 4.39 Å². The van der Waals surface area contributed by atoms with Gasteiger partial charge in [0.05, 0.1) is 24.5 Å². The number of aliphatic hydroxyl groups is 2. The monoisotopic (exact) mass is 487 g/mol. The predicted octanol–water partition coefficient (Wildman–Crippen LogP) is 4.59. The molecule has 1 aromatic carbocycles. The molecule has 1 aliphatic carbocycles. The number of halogens is 1. The molecule has 192 valence electrons. The number of rotatable bonds is 11. The molecule has 1 heterocycles. The Labute approximate surface area is 207 Å². The summed E-state index contributed by atoms with van der Waals surface area (Å²) in [5.74, 6) is -3.11. The summed E-state index contributed by atoms with van der Waals surface area (Å²) in [6.45, 7) is 6.04. The number of likely N-dealkylation sites (tertiary alicyclic amines) is 1. The molecule has 3 N–H and O–H groups in total. The topological polar surface area (TPSA) is 98.1 Å². The Bertz CT molecular complexity index is 1000. The van der Waals surface area contributed by atoms with E-state index in [0.717, 1.165) is 24.0 Å². The van der Waals surface area contributed by atoms with Gasteiger partial charge in [0.2, 0.25) is 11.8 Å². The molecule has 2 amide bonds. The van der Waals surface area contributed by atoms with Crippen LogP contribution in [0.2, 0.25) is 0 Å². The van der Waals surface area contributed by atoms with Gasteiger partial charge in [-0.3, -0.25) is 14.5 Å². The van der Waals surface area contributed by atoms with Gasteiger partial charge in [0, 0.05) is 12.5 Å². The van der Waals surface area contributed by atoms with E-state index in [1.54, 1.807) is 6.07 Å². The van der Waals surface area contributed by atoms with Gasteiger partial charge in [-0.2, -0.15) is 0 Å². The van der Waals surface area contributed by atoms with E-state index in [1.807, 2.05) is 26.8 Å². The average molecular weight is 488 g/mol. The van der Waals surface area contributed by atoms with Gasteiger partial charge < -0.3 is 15.3 Å². The molecule has 0 saturated carbocycles. The van der Waals surface area contributed by atoms with E-state index in [-0.39, 0.29) is 18.4 Å². The van der Waals surface area contributed by atoms with Crippen LogP contribution in [0.15, 0.2) is 34.9 Å². The molecular formula is C28H38FNO5. The molecule has 0 bridgehead atoms. The van der Waals surface area contributed by atoms with Gasteiger partial charge in [-0.15, -0.1) is 0 Å². The standard InChI is InChI=1S/C28H38FNO5/c1-4-7-17(13-18-9-10-23(32)22(29)14-18)8-11-24(33)25-19(6-3)15-20-26(21(25)16-31)28(35)30(12-5-2)27(20)34/h9-10,13-14,20-21,24,26,31-33H,4-8,11-12,15-16H2,1-3H3/b17-13+/t20-,21+,24-,26-/m1/s1. The molecule has 0 aromatic heterocycles. The highest BCUT2D eigenvalue weighted by Crippen LogP contribution is 2.47. The largest absolute Gasteiger partial charge is 0.505 e. The minimum absolute atomic E-state index is 0.158. The van der Waals surface area contributed by atoms with Crippen LogP contribution in [0.25, 0.3) is 6.08 Å². The fourth-order valence-electron chi connectivity index (χ4n) is 5.72. The molecule has 6 nitrogen and oxygen atoms in total. The maximum absolute atomic E-state index is 13.8. The van der Waals surface area contributed by atoms with Crippen LogP contribution < -0.4 is 0 Å². The fraction of sp³-hybridized carbons (Fsp3) is 0.571. The number of fused-ring (bicyclic) bond motifs is 1. The van der Waals surface area contributed by atoms with Gasteiger partial charge in [-0.1, -0.05) is 50.5 Å². The zero-order chi connectivity index (χ0) is 25.7. The van der Waals surface area contributed by atoms with Crippen LogP contribution in [0.3, 0.4) is 0 Å². The molecule has 35 heavy (non-hydrogen) atoms. The second-order valence-electron chi connectivity index (χ2n) is 9.68. The number of benzene rings is 1. The van der Waals surface area contributed by atoms with E-state index in [1.165, 1.54) is 17.0 Å². The minimum atomic E-state index is -0.844. The Kier molecular flexibility index (Phi) is 9.25. The van der Waals surface area contributed by atoms with Crippen LogP contribution in [0.4, 0.5) is 4.39 Å². The molecule has 1 saturated heterocycles. The number of imide groups is 1. The number of phenols is 1. The van der Waals surface area contributed by atoms with Crippen molar-refractivity contribution in [1.82, 2.24) is 4.90 Å². The van der Waals surface area contributed by atoms with Gasteiger partial charge in [0.25, 0.3) is 0 Å². The maximum Gasteiger partial charge on any atom is 0.233 e. The SMILES string of the molecule is CCC/C(=C\c1ccc(O)c(F)c1)CC[C@@H](O)C1=C(CC)C[C@H]2C(=O)N(CCC)C(=O)[C@H]2[C@H]1CO. The molecule has 1 aromatic rings. The molecule has 7 heteroatoms. The first-order valence-corrected chi connectivity index (χ1v) is 12.8. The van der Waals surface area contributed by atoms with Gasteiger partial charge in [0.15, 0.2) is 11.6 Å². The van der Waals surface area contributed by atoms with Crippen LogP contribution in [-0.4, -0.2) is 51.3 Å². The van der Waals surface area contributed by atoms with Crippen LogP contribution in [0.1, 0.15) is 71.3 Å². The normalized spacial score (nSPS) is 23.8. The second-order valence-corrected chi connectivity index (χ2v) is 9.68. The first kappa shape index (κ1) is 27.1. The lowest BCUT2D eigenvalue weighted by molar-refractivity contribution is -0.140. The molecule has 1 aliphatic heterocycles. The highest BCUT2D eigenvalue weighted by molar-refractivity contribution is 6.05. The second kappa shape index (κ2) is 12.0. The van der Waals surface area contributed by atoms with Crippen LogP contribution in [-0.2, 0) is 9.59 Å². The number of carbonyl (C=O) groups is 2. The quantitative estimate of drug-likeness (QED) is 0.313. The summed E-state index contributed by atoms with van der Waals surface area (Å²) in [5.41, 5.74) is 3.36. The molecule has 0 radical (unpaired) electrons. The number of hydrogen-bond acceptors (Lipinski definition) is 5. The van der Waals surface area contributed by atoms with E-state index in [2.05, 4.69) is 0 Å². The summed E-state index contributed by atoms with van der Waals surface area (Å²) in [5, 5.41) is 31.0. The smallest absolute Gasteiger partial charge is 0.233 e. The molecule has 3 rings (SSSR count). The number of aliphatic hydroxyl groups excluding tert-OH is 2.